The Morgan fingerprint density at radius 1 is 1.12 bits per heavy atom. The summed E-state index contributed by atoms with van der Waals surface area (Å²) in [4.78, 5) is 54.7. The summed E-state index contributed by atoms with van der Waals surface area (Å²) in [7, 11) is -4.41. The Kier molecular flexibility index (Phi) is 13.1. The zero-order valence-corrected chi connectivity index (χ0v) is 28.9. The molecule has 1 aliphatic heterocycles. The van der Waals surface area contributed by atoms with Crippen molar-refractivity contribution in [2.75, 3.05) is 18.5 Å². The number of esters is 2. The molecule has 0 amide bonds. The van der Waals surface area contributed by atoms with Crippen molar-refractivity contribution in [1.82, 2.24) is 19.2 Å². The van der Waals surface area contributed by atoms with E-state index in [0.717, 1.165) is 23.8 Å². The van der Waals surface area contributed by atoms with Crippen LogP contribution in [0.5, 0.6) is 5.75 Å². The van der Waals surface area contributed by atoms with Crippen molar-refractivity contribution in [3.8, 4) is 5.75 Å². The Morgan fingerprint density at radius 3 is 2.52 bits per heavy atom. The molecule has 18 heteroatoms. The summed E-state index contributed by atoms with van der Waals surface area (Å²) in [6.07, 6.45) is -2.73. The summed E-state index contributed by atoms with van der Waals surface area (Å²) in [5.74, 6) is -0.678. The third kappa shape index (κ3) is 10.1. The second kappa shape index (κ2) is 17.0. The first-order chi connectivity index (χ1) is 23.7. The number of aliphatic hydroxyl groups excluding tert-OH is 1. The van der Waals surface area contributed by atoms with Crippen molar-refractivity contribution in [1.29, 1.82) is 0 Å². The Bertz CT molecular complexity index is 1760. The third-order valence-electron chi connectivity index (χ3n) is 7.38. The molecule has 4 rings (SSSR count). The van der Waals surface area contributed by atoms with Gasteiger partial charge in [-0.1, -0.05) is 24.3 Å². The monoisotopic (exact) mass is 721 g/mol. The van der Waals surface area contributed by atoms with Crippen LogP contribution in [-0.4, -0.2) is 74.3 Å². The number of carbonyl (C=O) groups excluding carboxylic acids is 2. The number of hydrogen-bond acceptors (Lipinski definition) is 13. The lowest BCUT2D eigenvalue weighted by Crippen LogP contribution is -2.46. The number of benzene rings is 1. The quantitative estimate of drug-likeness (QED) is 0.104. The van der Waals surface area contributed by atoms with E-state index in [1.165, 1.54) is 19.1 Å². The van der Waals surface area contributed by atoms with Crippen LogP contribution in [0.4, 0.5) is 10.2 Å². The van der Waals surface area contributed by atoms with Gasteiger partial charge in [0.05, 0.1) is 12.7 Å². The maximum absolute atomic E-state index is 16.1. The number of aromatic nitrogens is 3. The number of nitrogens with one attached hydrogen (secondary N) is 2. The third-order valence-corrected chi connectivity index (χ3v) is 9.03. The zero-order valence-electron chi connectivity index (χ0n) is 28.0. The number of anilines is 1. The number of hydrogen-bond donors (Lipinski definition) is 3. The summed E-state index contributed by atoms with van der Waals surface area (Å²) in [6.45, 7) is 4.58. The Balaban J connectivity index is 1.43. The fraction of sp³-hybridized carbons (Fsp3) is 0.469. The maximum Gasteiger partial charge on any atom is 0.459 e. The van der Waals surface area contributed by atoms with Crippen molar-refractivity contribution in [3.63, 3.8) is 0 Å². The van der Waals surface area contributed by atoms with E-state index in [2.05, 4.69) is 15.4 Å². The van der Waals surface area contributed by atoms with Crippen molar-refractivity contribution >= 4 is 25.5 Å². The molecule has 1 aliphatic rings. The van der Waals surface area contributed by atoms with E-state index in [1.807, 2.05) is 0 Å². The normalized spacial score (nSPS) is 22.0. The number of rotatable bonds is 17. The molecule has 0 aliphatic carbocycles. The highest BCUT2D eigenvalue weighted by atomic mass is 31.2. The maximum atomic E-state index is 16.1. The molecule has 1 unspecified atom stereocenters. The van der Waals surface area contributed by atoms with E-state index in [4.69, 9.17) is 23.3 Å². The summed E-state index contributed by atoms with van der Waals surface area (Å²) in [5.41, 5.74) is -4.55. The van der Waals surface area contributed by atoms with Gasteiger partial charge in [0.2, 0.25) is 0 Å². The molecule has 3 N–H and O–H groups in total. The van der Waals surface area contributed by atoms with E-state index in [-0.39, 0.29) is 12.2 Å². The van der Waals surface area contributed by atoms with Crippen molar-refractivity contribution in [2.24, 2.45) is 0 Å². The predicted molar refractivity (Wildman–Crippen MR) is 177 cm³/mol. The van der Waals surface area contributed by atoms with Gasteiger partial charge >= 0.3 is 25.4 Å². The fourth-order valence-corrected chi connectivity index (χ4v) is 6.31. The van der Waals surface area contributed by atoms with E-state index in [1.54, 1.807) is 56.4 Å². The summed E-state index contributed by atoms with van der Waals surface area (Å²) in [5, 5.41) is 16.4. The van der Waals surface area contributed by atoms with Crippen LogP contribution in [0.25, 0.3) is 0 Å². The molecule has 272 valence electrons. The highest BCUT2D eigenvalue weighted by molar-refractivity contribution is 7.52. The molecular formula is C32H41FN5O11P. The van der Waals surface area contributed by atoms with Crippen molar-refractivity contribution in [2.45, 2.75) is 83.5 Å². The molecule has 1 aromatic carbocycles. The first kappa shape index (κ1) is 38.4. The van der Waals surface area contributed by atoms with Gasteiger partial charge in [-0.25, -0.2) is 23.3 Å². The van der Waals surface area contributed by atoms with Gasteiger partial charge in [0.25, 0.3) is 5.56 Å². The number of nitrogens with zero attached hydrogens (tertiary/aromatic N) is 3. The number of halogens is 1. The predicted octanol–water partition coefficient (Wildman–Crippen LogP) is 2.92. The number of ether oxygens (including phenoxy) is 3. The molecule has 0 bridgehead atoms. The van der Waals surface area contributed by atoms with E-state index in [0.29, 0.717) is 23.4 Å². The molecule has 0 saturated carbocycles. The number of pyridine rings is 1. The van der Waals surface area contributed by atoms with Gasteiger partial charge in [-0.2, -0.15) is 5.09 Å². The molecule has 16 nitrogen and oxygen atoms in total. The van der Waals surface area contributed by atoms with Crippen LogP contribution >= 0.6 is 7.75 Å². The van der Waals surface area contributed by atoms with Crippen LogP contribution in [0.3, 0.4) is 0 Å². The van der Waals surface area contributed by atoms with Crippen LogP contribution in [0.1, 0.15) is 46.8 Å². The topological polar surface area (TPSA) is 199 Å². The van der Waals surface area contributed by atoms with Crippen molar-refractivity contribution in [3.05, 3.63) is 87.8 Å². The minimum Gasteiger partial charge on any atom is -0.462 e. The molecule has 1 fully saturated rings. The Hall–Kier alpha value is -4.41. The first-order valence-corrected chi connectivity index (χ1v) is 17.4. The highest BCUT2D eigenvalue weighted by Crippen LogP contribution is 2.47. The largest absolute Gasteiger partial charge is 0.462 e. The zero-order chi connectivity index (χ0) is 36.5. The molecule has 0 spiro atoms. The lowest BCUT2D eigenvalue weighted by molar-refractivity contribution is -0.149. The second-order valence-corrected chi connectivity index (χ2v) is 13.5. The number of para-hydroxylation sites is 1. The van der Waals surface area contributed by atoms with Crippen LogP contribution in [-0.2, 0) is 39.6 Å². The van der Waals surface area contributed by atoms with Gasteiger partial charge in [0, 0.05) is 31.4 Å². The summed E-state index contributed by atoms with van der Waals surface area (Å²) < 4.78 is 58.3. The lowest BCUT2D eigenvalue weighted by Gasteiger charge is -2.25. The minimum atomic E-state index is -4.41. The molecule has 50 heavy (non-hydrogen) atoms. The SMILES string of the molecule is CC(C)OC(=O)[C@H](C)NP(=O)(OC[C@H]1O[C@@H](n2ccc(=O)n(COC(=O)CCCNc3ccccn3)c2=O)[C@](C)(F)[C@@H]1O)Oc1ccccc1. The molecule has 1 saturated heterocycles. The lowest BCUT2D eigenvalue weighted by atomic mass is 9.98. The summed E-state index contributed by atoms with van der Waals surface area (Å²) in [6, 6.07) is 13.0. The van der Waals surface area contributed by atoms with E-state index >= 15 is 4.39 Å². The van der Waals surface area contributed by atoms with Crippen molar-refractivity contribution < 1.29 is 46.9 Å². The average molecular weight is 722 g/mol. The average Bonchev–Trinajstić information content (AvgIpc) is 3.29. The number of aliphatic hydroxyl groups is 1. The Morgan fingerprint density at radius 2 is 1.84 bits per heavy atom. The smallest absolute Gasteiger partial charge is 0.459 e. The molecule has 2 aromatic heterocycles. The van der Waals surface area contributed by atoms with Gasteiger partial charge in [0.1, 0.15) is 29.8 Å². The second-order valence-electron chi connectivity index (χ2n) is 11.8. The van der Waals surface area contributed by atoms with Crippen LogP contribution in [0.2, 0.25) is 0 Å². The van der Waals surface area contributed by atoms with E-state index in [9.17, 15) is 28.8 Å². The van der Waals surface area contributed by atoms with Gasteiger partial charge in [-0.05, 0) is 58.4 Å². The first-order valence-electron chi connectivity index (χ1n) is 15.8. The van der Waals surface area contributed by atoms with Crippen LogP contribution in [0.15, 0.2) is 76.6 Å². The molecule has 6 atom stereocenters. The molecule has 3 aromatic rings. The van der Waals surface area contributed by atoms with Gasteiger partial charge in [-0.3, -0.25) is 23.5 Å². The Labute approximate surface area is 287 Å². The number of alkyl halides is 1. The summed E-state index contributed by atoms with van der Waals surface area (Å²) >= 11 is 0. The van der Waals surface area contributed by atoms with Gasteiger partial charge in [0.15, 0.2) is 18.6 Å². The molecule has 3 heterocycles. The standard InChI is InChI=1S/C32H41FN5O11P/c1-21(2)47-29(42)22(3)36-50(44,49-23-11-6-5-7-12-23)46-19-24-28(41)32(4,33)30(48-24)37-18-15-26(39)38(31(37)43)20-45-27(40)14-10-17-35-25-13-8-9-16-34-25/h5-9,11-13,15-16,18,21-22,24,28,30,41H,10,14,17,19-20H2,1-4H3,(H,34,35)(H,36,44)/t22-,24+,28+,30+,32+,50?/m0/s1. The number of carbonyl (C=O) groups is 2. The van der Waals surface area contributed by atoms with Gasteiger partial charge in [-0.15, -0.1) is 0 Å². The van der Waals surface area contributed by atoms with Crippen LogP contribution in [0, 0.1) is 0 Å². The molecule has 0 radical (unpaired) electrons. The highest BCUT2D eigenvalue weighted by Gasteiger charge is 2.56. The van der Waals surface area contributed by atoms with Gasteiger partial charge < -0.3 is 29.2 Å². The molecular weight excluding hydrogens is 680 g/mol. The van der Waals surface area contributed by atoms with Crippen LogP contribution < -0.4 is 26.2 Å². The van der Waals surface area contributed by atoms with E-state index < -0.39 is 80.5 Å². The minimum absolute atomic E-state index is 0.0256. The fourth-order valence-electron chi connectivity index (χ4n) is 4.81.